The van der Waals surface area contributed by atoms with Gasteiger partial charge in [-0.1, -0.05) is 35.1 Å². The number of aromatic nitrogens is 1. The number of thiazole rings is 1. The molecule has 0 unspecified atom stereocenters. The molecule has 4 rings (SSSR count). The van der Waals surface area contributed by atoms with Crippen molar-refractivity contribution >= 4 is 68.8 Å². The lowest BCUT2D eigenvalue weighted by atomic mass is 10.2. The summed E-state index contributed by atoms with van der Waals surface area (Å²) in [7, 11) is 0. The minimum absolute atomic E-state index is 0. The fraction of sp³-hybridized carbons (Fsp3) is 0.316. The van der Waals surface area contributed by atoms with E-state index in [-0.39, 0.29) is 24.8 Å². The Hall–Kier alpha value is -1.24. The van der Waals surface area contributed by atoms with Crippen molar-refractivity contribution in [3.05, 3.63) is 53.6 Å². The molecule has 2 heterocycles. The number of para-hydroxylation sites is 1. The Balaban J connectivity index is 0.00000131. The molecule has 0 atom stereocenters. The van der Waals surface area contributed by atoms with Gasteiger partial charge in [-0.3, -0.25) is 4.90 Å². The Bertz CT molecular complexity index is 799. The molecule has 0 aliphatic carbocycles. The van der Waals surface area contributed by atoms with Crippen LogP contribution in [0.2, 0.25) is 5.02 Å². The van der Waals surface area contributed by atoms with E-state index in [1.54, 1.807) is 11.3 Å². The normalized spacial score (nSPS) is 14.5. The first-order valence-electron chi connectivity index (χ1n) is 8.60. The van der Waals surface area contributed by atoms with Crippen LogP contribution in [0.25, 0.3) is 10.2 Å². The van der Waals surface area contributed by atoms with Gasteiger partial charge in [0.1, 0.15) is 0 Å². The molecule has 0 amide bonds. The summed E-state index contributed by atoms with van der Waals surface area (Å²) in [5, 5.41) is 5.28. The SMILES string of the molecule is Cl.Cl.Clc1ccc(N2CCN(CCNc3nc4ccccc4s3)CC2)cc1. The third kappa shape index (κ3) is 5.62. The third-order valence-corrected chi connectivity index (χ3v) is 5.81. The van der Waals surface area contributed by atoms with Crippen LogP contribution in [-0.2, 0) is 0 Å². The predicted octanol–water partition coefficient (Wildman–Crippen LogP) is 5.03. The van der Waals surface area contributed by atoms with Crippen LogP contribution in [0.4, 0.5) is 10.8 Å². The van der Waals surface area contributed by atoms with Crippen LogP contribution in [0.15, 0.2) is 48.5 Å². The van der Waals surface area contributed by atoms with Gasteiger partial charge in [-0.15, -0.1) is 24.8 Å². The highest BCUT2D eigenvalue weighted by Gasteiger charge is 2.16. The monoisotopic (exact) mass is 444 g/mol. The van der Waals surface area contributed by atoms with Gasteiger partial charge < -0.3 is 10.2 Å². The van der Waals surface area contributed by atoms with Crippen molar-refractivity contribution in [3.63, 3.8) is 0 Å². The number of benzene rings is 2. The molecule has 1 N–H and O–H groups in total. The maximum Gasteiger partial charge on any atom is 0.183 e. The van der Waals surface area contributed by atoms with E-state index in [2.05, 4.69) is 50.4 Å². The summed E-state index contributed by atoms with van der Waals surface area (Å²) >= 11 is 7.69. The zero-order valence-corrected chi connectivity index (χ0v) is 18.0. The number of nitrogens with zero attached hydrogens (tertiary/aromatic N) is 3. The Morgan fingerprint density at radius 3 is 2.37 bits per heavy atom. The van der Waals surface area contributed by atoms with Crippen LogP contribution in [0.3, 0.4) is 0 Å². The van der Waals surface area contributed by atoms with Gasteiger partial charge in [0.25, 0.3) is 0 Å². The first-order chi connectivity index (χ1) is 12.3. The van der Waals surface area contributed by atoms with Crippen molar-refractivity contribution in [2.45, 2.75) is 0 Å². The first kappa shape index (κ1) is 22.1. The first-order valence-corrected chi connectivity index (χ1v) is 9.80. The molecular weight excluding hydrogens is 423 g/mol. The number of halogens is 3. The highest BCUT2D eigenvalue weighted by molar-refractivity contribution is 7.22. The van der Waals surface area contributed by atoms with E-state index in [0.717, 1.165) is 54.9 Å². The minimum atomic E-state index is 0. The second kappa shape index (κ2) is 10.3. The fourth-order valence-corrected chi connectivity index (χ4v) is 4.17. The fourth-order valence-electron chi connectivity index (χ4n) is 3.15. The lowest BCUT2D eigenvalue weighted by Crippen LogP contribution is -2.47. The molecule has 2 aromatic carbocycles. The van der Waals surface area contributed by atoms with E-state index in [1.807, 2.05) is 18.2 Å². The Morgan fingerprint density at radius 1 is 0.963 bits per heavy atom. The molecule has 8 heteroatoms. The summed E-state index contributed by atoms with van der Waals surface area (Å²) < 4.78 is 1.24. The molecule has 0 saturated carbocycles. The number of rotatable bonds is 5. The van der Waals surface area contributed by atoms with E-state index in [0.29, 0.717) is 0 Å². The molecule has 4 nitrogen and oxygen atoms in total. The zero-order valence-electron chi connectivity index (χ0n) is 14.8. The van der Waals surface area contributed by atoms with Gasteiger partial charge in [0.15, 0.2) is 5.13 Å². The topological polar surface area (TPSA) is 31.4 Å². The van der Waals surface area contributed by atoms with Crippen LogP contribution in [-0.4, -0.2) is 49.2 Å². The van der Waals surface area contributed by atoms with E-state index >= 15 is 0 Å². The van der Waals surface area contributed by atoms with E-state index in [9.17, 15) is 0 Å². The third-order valence-electron chi connectivity index (χ3n) is 4.56. The van der Waals surface area contributed by atoms with Crippen molar-refractivity contribution in [1.82, 2.24) is 9.88 Å². The van der Waals surface area contributed by atoms with Gasteiger partial charge >= 0.3 is 0 Å². The lowest BCUT2D eigenvalue weighted by molar-refractivity contribution is 0.267. The van der Waals surface area contributed by atoms with Crippen LogP contribution >= 0.6 is 47.8 Å². The summed E-state index contributed by atoms with van der Waals surface area (Å²) in [5.41, 5.74) is 2.34. The summed E-state index contributed by atoms with van der Waals surface area (Å²) in [6, 6.07) is 16.4. The molecule has 0 spiro atoms. The van der Waals surface area contributed by atoms with Crippen LogP contribution in [0.5, 0.6) is 0 Å². The number of piperazine rings is 1. The van der Waals surface area contributed by atoms with Gasteiger partial charge in [-0.05, 0) is 36.4 Å². The van der Waals surface area contributed by atoms with Crippen LogP contribution in [0, 0.1) is 0 Å². The Kier molecular flexibility index (Phi) is 8.45. The van der Waals surface area contributed by atoms with Gasteiger partial charge in [0.2, 0.25) is 0 Å². The molecule has 0 bridgehead atoms. The molecule has 1 aliphatic rings. The van der Waals surface area contributed by atoms with Gasteiger partial charge in [-0.25, -0.2) is 4.98 Å². The maximum atomic E-state index is 5.97. The number of fused-ring (bicyclic) bond motifs is 1. The highest BCUT2D eigenvalue weighted by atomic mass is 35.5. The number of hydrogen-bond acceptors (Lipinski definition) is 5. The number of hydrogen-bond donors (Lipinski definition) is 1. The summed E-state index contributed by atoms with van der Waals surface area (Å²) in [6.45, 7) is 6.27. The predicted molar refractivity (Wildman–Crippen MR) is 123 cm³/mol. The van der Waals surface area contributed by atoms with E-state index < -0.39 is 0 Å². The summed E-state index contributed by atoms with van der Waals surface area (Å²) in [6.07, 6.45) is 0. The van der Waals surface area contributed by atoms with E-state index in [4.69, 9.17) is 11.6 Å². The van der Waals surface area contributed by atoms with Crippen LogP contribution in [0.1, 0.15) is 0 Å². The van der Waals surface area contributed by atoms with Gasteiger partial charge in [-0.2, -0.15) is 0 Å². The van der Waals surface area contributed by atoms with Crippen molar-refractivity contribution in [2.75, 3.05) is 49.5 Å². The van der Waals surface area contributed by atoms with Crippen molar-refractivity contribution < 1.29 is 0 Å². The number of anilines is 2. The van der Waals surface area contributed by atoms with E-state index in [1.165, 1.54) is 10.4 Å². The second-order valence-electron chi connectivity index (χ2n) is 6.22. The maximum absolute atomic E-state index is 5.97. The van der Waals surface area contributed by atoms with Gasteiger partial charge in [0, 0.05) is 50.0 Å². The standard InChI is InChI=1S/C19H21ClN4S.2ClH/c20-15-5-7-16(8-6-15)24-13-11-23(12-14-24)10-9-21-19-22-17-3-1-2-4-18(17)25-19;;/h1-8H,9-14H2,(H,21,22);2*1H. The Labute approximate surface area is 181 Å². The molecule has 1 aromatic heterocycles. The molecule has 3 aromatic rings. The largest absolute Gasteiger partial charge is 0.369 e. The van der Waals surface area contributed by atoms with Crippen molar-refractivity contribution in [1.29, 1.82) is 0 Å². The Morgan fingerprint density at radius 2 is 1.67 bits per heavy atom. The lowest BCUT2D eigenvalue weighted by Gasteiger charge is -2.36. The molecule has 1 aliphatic heterocycles. The molecule has 1 saturated heterocycles. The molecular formula is C19H23Cl3N4S. The molecule has 146 valence electrons. The average molecular weight is 446 g/mol. The van der Waals surface area contributed by atoms with Crippen LogP contribution < -0.4 is 10.2 Å². The van der Waals surface area contributed by atoms with Crippen molar-refractivity contribution in [2.24, 2.45) is 0 Å². The smallest absolute Gasteiger partial charge is 0.183 e. The number of nitrogens with one attached hydrogen (secondary N) is 1. The summed E-state index contributed by atoms with van der Waals surface area (Å²) in [5.74, 6) is 0. The van der Waals surface area contributed by atoms with Gasteiger partial charge in [0.05, 0.1) is 10.2 Å². The molecule has 1 fully saturated rings. The average Bonchev–Trinajstić information content (AvgIpc) is 3.06. The summed E-state index contributed by atoms with van der Waals surface area (Å²) in [4.78, 5) is 9.56. The highest BCUT2D eigenvalue weighted by Crippen LogP contribution is 2.25. The molecule has 27 heavy (non-hydrogen) atoms. The molecule has 0 radical (unpaired) electrons. The quantitative estimate of drug-likeness (QED) is 0.597. The minimum Gasteiger partial charge on any atom is -0.369 e. The zero-order chi connectivity index (χ0) is 17.1. The second-order valence-corrected chi connectivity index (χ2v) is 7.69. The van der Waals surface area contributed by atoms with Crippen molar-refractivity contribution in [3.8, 4) is 0 Å².